The summed E-state index contributed by atoms with van der Waals surface area (Å²) in [7, 11) is 0. The van der Waals surface area contributed by atoms with Crippen molar-refractivity contribution >= 4 is 29.1 Å². The van der Waals surface area contributed by atoms with E-state index in [1.807, 2.05) is 0 Å². The molecule has 0 aliphatic rings. The number of benzene rings is 1. The summed E-state index contributed by atoms with van der Waals surface area (Å²) in [4.78, 5) is 16.0. The summed E-state index contributed by atoms with van der Waals surface area (Å²) in [5.41, 5.74) is 0.360. The van der Waals surface area contributed by atoms with Gasteiger partial charge in [-0.15, -0.1) is 0 Å². The molecule has 2 rings (SSSR count). The van der Waals surface area contributed by atoms with Crippen LogP contribution in [-0.4, -0.2) is 31.1 Å². The highest BCUT2D eigenvalue weighted by molar-refractivity contribution is 8.01. The number of rotatable bonds is 4. The Morgan fingerprint density at radius 3 is 2.78 bits per heavy atom. The Hall–Kier alpha value is -1.60. The first-order valence-electron chi connectivity index (χ1n) is 5.04. The lowest BCUT2D eigenvalue weighted by Gasteiger charge is -2.01. The van der Waals surface area contributed by atoms with Gasteiger partial charge >= 0.3 is 0 Å². The lowest BCUT2D eigenvalue weighted by Crippen LogP contribution is -2.01. The summed E-state index contributed by atoms with van der Waals surface area (Å²) in [6, 6.07) is 4.02. The molecule has 0 saturated heterocycles. The van der Waals surface area contributed by atoms with Crippen LogP contribution >= 0.6 is 23.3 Å². The Labute approximate surface area is 112 Å². The maximum absolute atomic E-state index is 11.8. The number of phenolic OH excluding ortho intramolecular Hbond substituents is 2. The number of phenols is 2. The summed E-state index contributed by atoms with van der Waals surface area (Å²) in [5.74, 6) is 0.246. The quantitative estimate of drug-likeness (QED) is 0.508. The molecule has 0 radical (unpaired) electrons. The number of ketones is 1. The second-order valence-electron chi connectivity index (χ2n) is 3.52. The summed E-state index contributed by atoms with van der Waals surface area (Å²) in [6.45, 7) is 1.79. The fourth-order valence-electron chi connectivity index (χ4n) is 1.24. The molecule has 0 bridgehead atoms. The van der Waals surface area contributed by atoms with Gasteiger partial charge in [-0.05, 0) is 36.7 Å². The molecule has 0 amide bonds. The van der Waals surface area contributed by atoms with Crippen molar-refractivity contribution in [1.82, 2.24) is 9.36 Å². The van der Waals surface area contributed by atoms with E-state index in [0.29, 0.717) is 11.4 Å². The molecule has 5 nitrogen and oxygen atoms in total. The predicted octanol–water partition coefficient (Wildman–Crippen LogP) is 2.23. The third kappa shape index (κ3) is 2.99. The average molecular weight is 282 g/mol. The third-order valence-electron chi connectivity index (χ3n) is 2.13. The normalized spacial score (nSPS) is 10.5. The van der Waals surface area contributed by atoms with Crippen LogP contribution in [0.2, 0.25) is 0 Å². The number of hydrogen-bond acceptors (Lipinski definition) is 7. The number of nitrogens with zero attached hydrogens (tertiary/aromatic N) is 2. The largest absolute Gasteiger partial charge is 0.504 e. The summed E-state index contributed by atoms with van der Waals surface area (Å²) >= 11 is 2.56. The van der Waals surface area contributed by atoms with Crippen molar-refractivity contribution < 1.29 is 15.0 Å². The summed E-state index contributed by atoms with van der Waals surface area (Å²) < 4.78 is 4.76. The molecular formula is C11H10N2O3S2. The van der Waals surface area contributed by atoms with E-state index in [1.165, 1.54) is 41.5 Å². The first-order valence-corrected chi connectivity index (χ1v) is 6.80. The average Bonchev–Trinajstić information content (AvgIpc) is 2.75. The second-order valence-corrected chi connectivity index (χ2v) is 5.50. The van der Waals surface area contributed by atoms with Gasteiger partial charge in [0.25, 0.3) is 0 Å². The number of aromatic nitrogens is 2. The number of aryl methyl sites for hydroxylation is 1. The Morgan fingerprint density at radius 1 is 1.39 bits per heavy atom. The smallest absolute Gasteiger partial charge is 0.173 e. The molecule has 2 aromatic rings. The zero-order valence-electron chi connectivity index (χ0n) is 9.45. The second kappa shape index (κ2) is 5.36. The van der Waals surface area contributed by atoms with Crippen LogP contribution in [0, 0.1) is 6.92 Å². The summed E-state index contributed by atoms with van der Waals surface area (Å²) in [5, 5.41) is 18.5. The Kier molecular flexibility index (Phi) is 3.83. The van der Waals surface area contributed by atoms with E-state index in [9.17, 15) is 9.90 Å². The molecule has 0 aliphatic heterocycles. The SMILES string of the molecule is Cc1nsc(SCC(=O)c2ccc(O)c(O)c2)n1. The van der Waals surface area contributed by atoms with Gasteiger partial charge in [-0.1, -0.05) is 11.8 Å². The van der Waals surface area contributed by atoms with Crippen molar-refractivity contribution in [1.29, 1.82) is 0 Å². The van der Waals surface area contributed by atoms with Gasteiger partial charge in [0, 0.05) is 5.56 Å². The number of hydrogen-bond donors (Lipinski definition) is 2. The van der Waals surface area contributed by atoms with Crippen LogP contribution < -0.4 is 0 Å². The van der Waals surface area contributed by atoms with E-state index in [0.717, 1.165) is 4.34 Å². The molecule has 0 atom stereocenters. The van der Waals surface area contributed by atoms with Crippen molar-refractivity contribution in [2.75, 3.05) is 5.75 Å². The molecule has 94 valence electrons. The van der Waals surface area contributed by atoms with Crippen LogP contribution in [0.4, 0.5) is 0 Å². The number of carbonyl (C=O) groups is 1. The van der Waals surface area contributed by atoms with E-state index in [4.69, 9.17) is 5.11 Å². The number of thioether (sulfide) groups is 1. The van der Waals surface area contributed by atoms with Crippen LogP contribution in [-0.2, 0) is 0 Å². The minimum Gasteiger partial charge on any atom is -0.504 e. The fraction of sp³-hybridized carbons (Fsp3) is 0.182. The molecule has 1 aromatic heterocycles. The molecule has 18 heavy (non-hydrogen) atoms. The van der Waals surface area contributed by atoms with Crippen molar-refractivity contribution in [2.45, 2.75) is 11.3 Å². The molecule has 1 aromatic carbocycles. The third-order valence-corrected chi connectivity index (χ3v) is 4.06. The monoisotopic (exact) mass is 282 g/mol. The first kappa shape index (κ1) is 12.8. The maximum Gasteiger partial charge on any atom is 0.173 e. The molecule has 0 unspecified atom stereocenters. The molecule has 0 saturated carbocycles. The van der Waals surface area contributed by atoms with E-state index in [2.05, 4.69) is 9.36 Å². The predicted molar refractivity (Wildman–Crippen MR) is 69.5 cm³/mol. The maximum atomic E-state index is 11.8. The van der Waals surface area contributed by atoms with Crippen LogP contribution in [0.5, 0.6) is 11.5 Å². The fourth-order valence-corrected chi connectivity index (χ4v) is 2.79. The molecule has 2 N–H and O–H groups in total. The van der Waals surface area contributed by atoms with E-state index < -0.39 is 0 Å². The molecule has 0 aliphatic carbocycles. The van der Waals surface area contributed by atoms with Crippen LogP contribution in [0.1, 0.15) is 16.2 Å². The van der Waals surface area contributed by atoms with Crippen LogP contribution in [0.15, 0.2) is 22.5 Å². The highest BCUT2D eigenvalue weighted by Crippen LogP contribution is 2.26. The van der Waals surface area contributed by atoms with Gasteiger partial charge in [-0.2, -0.15) is 4.37 Å². The number of carbonyl (C=O) groups excluding carboxylic acids is 1. The van der Waals surface area contributed by atoms with Gasteiger partial charge in [0.1, 0.15) is 5.82 Å². The van der Waals surface area contributed by atoms with Crippen molar-refractivity contribution in [2.24, 2.45) is 0 Å². The zero-order valence-corrected chi connectivity index (χ0v) is 11.1. The highest BCUT2D eigenvalue weighted by Gasteiger charge is 2.11. The van der Waals surface area contributed by atoms with Crippen molar-refractivity contribution in [3.63, 3.8) is 0 Å². The van der Waals surface area contributed by atoms with Crippen molar-refractivity contribution in [3.05, 3.63) is 29.6 Å². The minimum atomic E-state index is -0.294. The van der Waals surface area contributed by atoms with E-state index in [1.54, 1.807) is 6.92 Å². The standard InChI is InChI=1S/C11H10N2O3S2/c1-6-12-11(18-13-6)17-5-10(16)7-2-3-8(14)9(15)4-7/h2-4,14-15H,5H2,1H3. The Balaban J connectivity index is 2.01. The van der Waals surface area contributed by atoms with Crippen molar-refractivity contribution in [3.8, 4) is 11.5 Å². The van der Waals surface area contributed by atoms with Gasteiger partial charge < -0.3 is 10.2 Å². The number of Topliss-reactive ketones (excluding diaryl/α,β-unsaturated/α-hetero) is 1. The lowest BCUT2D eigenvalue weighted by molar-refractivity contribution is 0.102. The van der Waals surface area contributed by atoms with E-state index >= 15 is 0 Å². The number of aromatic hydroxyl groups is 2. The molecular weight excluding hydrogens is 272 g/mol. The van der Waals surface area contributed by atoms with E-state index in [-0.39, 0.29) is 23.0 Å². The molecule has 0 spiro atoms. The Morgan fingerprint density at radius 2 is 2.17 bits per heavy atom. The molecule has 0 fully saturated rings. The first-order chi connectivity index (χ1) is 8.56. The van der Waals surface area contributed by atoms with Gasteiger partial charge in [0.2, 0.25) is 0 Å². The van der Waals surface area contributed by atoms with Gasteiger partial charge in [-0.25, -0.2) is 4.98 Å². The van der Waals surface area contributed by atoms with Crippen LogP contribution in [0.25, 0.3) is 0 Å². The molecule has 1 heterocycles. The lowest BCUT2D eigenvalue weighted by atomic mass is 10.1. The summed E-state index contributed by atoms with van der Waals surface area (Å²) in [6.07, 6.45) is 0. The minimum absolute atomic E-state index is 0.136. The van der Waals surface area contributed by atoms with Gasteiger partial charge in [0.05, 0.1) is 5.75 Å². The van der Waals surface area contributed by atoms with Gasteiger partial charge in [0.15, 0.2) is 21.6 Å². The Bertz CT molecular complexity index is 583. The highest BCUT2D eigenvalue weighted by atomic mass is 32.2. The zero-order chi connectivity index (χ0) is 13.1. The van der Waals surface area contributed by atoms with Crippen LogP contribution in [0.3, 0.4) is 0 Å². The van der Waals surface area contributed by atoms with Gasteiger partial charge in [-0.3, -0.25) is 4.79 Å². The topological polar surface area (TPSA) is 83.3 Å². The molecule has 7 heteroatoms.